The van der Waals surface area contributed by atoms with Crippen LogP contribution < -0.4 is 10.1 Å². The van der Waals surface area contributed by atoms with Crippen LogP contribution in [0.15, 0.2) is 21.8 Å². The second-order valence-corrected chi connectivity index (χ2v) is 19.7. The number of hydrogen-bond donors (Lipinski definition) is 2. The number of nitrogens with zero attached hydrogens (tertiary/aromatic N) is 1. The zero-order chi connectivity index (χ0) is 31.2. The van der Waals surface area contributed by atoms with Crippen LogP contribution >= 0.6 is 34.2 Å². The fraction of sp³-hybridized carbons (Fsp3) is 0.679. The minimum absolute atomic E-state index is 0.0169. The highest BCUT2D eigenvalue weighted by Crippen LogP contribution is 2.51. The summed E-state index contributed by atoms with van der Waals surface area (Å²) in [6.45, 7) is 20.1. The Kier molecular flexibility index (Phi) is 9.89. The van der Waals surface area contributed by atoms with Gasteiger partial charge in [-0.05, 0) is 93.6 Å². The lowest BCUT2D eigenvalue weighted by Gasteiger charge is -2.44. The van der Waals surface area contributed by atoms with E-state index in [4.69, 9.17) is 35.0 Å². The number of amides is 1. The van der Waals surface area contributed by atoms with Crippen molar-refractivity contribution in [1.82, 2.24) is 10.3 Å². The fourth-order valence-electron chi connectivity index (χ4n) is 4.28. The molecule has 230 valence electrons. The molecule has 1 aromatic rings. The van der Waals surface area contributed by atoms with Crippen molar-refractivity contribution >= 4 is 54.6 Å². The van der Waals surface area contributed by atoms with E-state index < -0.39 is 62.0 Å². The van der Waals surface area contributed by atoms with Crippen molar-refractivity contribution in [2.45, 2.75) is 115 Å². The Morgan fingerprint density at radius 1 is 1.24 bits per heavy atom. The van der Waals surface area contributed by atoms with Crippen LogP contribution in [0.4, 0.5) is 4.79 Å². The summed E-state index contributed by atoms with van der Waals surface area (Å²) in [5, 5.41) is 12.0. The van der Waals surface area contributed by atoms with E-state index in [0.717, 1.165) is 3.58 Å². The van der Waals surface area contributed by atoms with Crippen LogP contribution in [0.2, 0.25) is 23.3 Å². The number of nitrogens with one attached hydrogen (secondary N) is 1. The maximum absolute atomic E-state index is 12.4. The minimum atomic E-state index is -2.29. The summed E-state index contributed by atoms with van der Waals surface area (Å²) in [6, 6.07) is 2.22. The van der Waals surface area contributed by atoms with Crippen LogP contribution in [-0.4, -0.2) is 66.3 Å². The van der Waals surface area contributed by atoms with Crippen LogP contribution in [0.5, 0.6) is 5.75 Å². The molecule has 2 aliphatic rings. The quantitative estimate of drug-likeness (QED) is 0.170. The zero-order valence-electron chi connectivity index (χ0n) is 25.4. The number of carbonyl (C=O) groups is 2. The topological polar surface area (TPSA) is 125 Å². The van der Waals surface area contributed by atoms with Gasteiger partial charge in [0.1, 0.15) is 17.8 Å². The fourth-order valence-corrected chi connectivity index (χ4v) is 6.73. The van der Waals surface area contributed by atoms with E-state index in [1.165, 1.54) is 0 Å². The van der Waals surface area contributed by atoms with Gasteiger partial charge in [-0.15, -0.1) is 0 Å². The van der Waals surface area contributed by atoms with Crippen molar-refractivity contribution < 1.29 is 38.1 Å². The summed E-state index contributed by atoms with van der Waals surface area (Å²) in [6.07, 6.45) is -0.283. The molecule has 0 unspecified atom stereocenters. The molecular formula is C28H42ClIN2O8Si. The average Bonchev–Trinajstić information content (AvgIpc) is 3.22. The summed E-state index contributed by atoms with van der Waals surface area (Å²) in [7, 11) is -2.29. The van der Waals surface area contributed by atoms with Crippen LogP contribution in [0.25, 0.3) is 0 Å². The standard InChI is InChI=1S/C28H42ClIN2O8Si/c1-25(2,3)38-24(35)32-17(13-21(33)34)16-11-12-18(23(29)31-16)37-19-14-20(30)28(15-36-27(7,8)40-28)22(19)39-41(9,10)26(4,5)6/h11-12,14,17,19,22H,13,15H2,1-10H3,(H,32,35)(H,33,34)/t17-,19+,22-,28+/m1/s1. The summed E-state index contributed by atoms with van der Waals surface area (Å²) >= 11 is 8.84. The van der Waals surface area contributed by atoms with E-state index in [-0.39, 0.29) is 21.6 Å². The van der Waals surface area contributed by atoms with E-state index in [1.807, 2.05) is 19.9 Å². The molecule has 4 atom stereocenters. The predicted molar refractivity (Wildman–Crippen MR) is 166 cm³/mol. The highest BCUT2D eigenvalue weighted by Gasteiger charge is 2.61. The zero-order valence-corrected chi connectivity index (χ0v) is 29.3. The molecule has 0 aromatic carbocycles. The third-order valence-corrected chi connectivity index (χ3v) is 13.3. The van der Waals surface area contributed by atoms with Crippen LogP contribution in [0, 0.1) is 0 Å². The monoisotopic (exact) mass is 724 g/mol. The van der Waals surface area contributed by atoms with Gasteiger partial charge in [0.2, 0.25) is 0 Å². The highest BCUT2D eigenvalue weighted by molar-refractivity contribution is 14.1. The van der Waals surface area contributed by atoms with Crippen molar-refractivity contribution in [1.29, 1.82) is 0 Å². The largest absolute Gasteiger partial charge is 0.481 e. The van der Waals surface area contributed by atoms with Gasteiger partial charge in [-0.1, -0.05) is 32.4 Å². The Morgan fingerprint density at radius 3 is 2.37 bits per heavy atom. The number of ether oxygens (including phenoxy) is 4. The van der Waals surface area contributed by atoms with Gasteiger partial charge in [-0.25, -0.2) is 9.78 Å². The normalized spacial score (nSPS) is 25.1. The van der Waals surface area contributed by atoms with Gasteiger partial charge < -0.3 is 33.8 Å². The number of carbonyl (C=O) groups excluding carboxylic acids is 1. The number of aromatic nitrogens is 1. The van der Waals surface area contributed by atoms with Crippen molar-refractivity contribution in [2.24, 2.45) is 0 Å². The Bertz CT molecular complexity index is 1200. The molecule has 1 aliphatic heterocycles. The first-order valence-corrected chi connectivity index (χ1v) is 17.9. The van der Waals surface area contributed by atoms with E-state index >= 15 is 0 Å². The molecule has 0 saturated carbocycles. The van der Waals surface area contributed by atoms with E-state index in [9.17, 15) is 14.7 Å². The molecule has 13 heteroatoms. The Labute approximate surface area is 262 Å². The number of hydrogen-bond acceptors (Lipinski definition) is 8. The molecule has 0 radical (unpaired) electrons. The first kappa shape index (κ1) is 34.0. The van der Waals surface area contributed by atoms with Crippen molar-refractivity contribution in [3.05, 3.63) is 32.6 Å². The van der Waals surface area contributed by atoms with Crippen molar-refractivity contribution in [3.8, 4) is 5.75 Å². The molecular weight excluding hydrogens is 683 g/mol. The van der Waals surface area contributed by atoms with Gasteiger partial charge >= 0.3 is 12.1 Å². The first-order valence-electron chi connectivity index (χ1n) is 13.5. The molecule has 1 aliphatic carbocycles. The molecule has 1 aromatic heterocycles. The van der Waals surface area contributed by atoms with E-state index in [2.05, 4.69) is 66.8 Å². The molecule has 2 N–H and O–H groups in total. The highest BCUT2D eigenvalue weighted by atomic mass is 127. The van der Waals surface area contributed by atoms with Gasteiger partial charge in [0.25, 0.3) is 0 Å². The maximum atomic E-state index is 12.4. The number of carboxylic acid groups (broad SMARTS) is 1. The van der Waals surface area contributed by atoms with E-state index in [1.54, 1.807) is 32.9 Å². The van der Waals surface area contributed by atoms with Crippen molar-refractivity contribution in [2.75, 3.05) is 6.61 Å². The first-order chi connectivity index (χ1) is 18.6. The summed E-state index contributed by atoms with van der Waals surface area (Å²) < 4.78 is 32.1. The Balaban J connectivity index is 1.91. The lowest BCUT2D eigenvalue weighted by Crippen LogP contribution is -2.56. The maximum Gasteiger partial charge on any atom is 0.408 e. The summed E-state index contributed by atoms with van der Waals surface area (Å²) in [5.41, 5.74) is -1.34. The number of alkyl carbamates (subject to hydrolysis) is 1. The molecule has 41 heavy (non-hydrogen) atoms. The van der Waals surface area contributed by atoms with Crippen LogP contribution in [-0.2, 0) is 23.4 Å². The molecule has 3 rings (SSSR count). The lowest BCUT2D eigenvalue weighted by atomic mass is 10.0. The third kappa shape index (κ3) is 8.14. The number of rotatable bonds is 8. The average molecular weight is 725 g/mol. The molecule has 1 amide bonds. The molecule has 2 heterocycles. The van der Waals surface area contributed by atoms with Crippen molar-refractivity contribution in [3.63, 3.8) is 0 Å². The molecule has 1 fully saturated rings. The number of carboxylic acids is 1. The Hall–Kier alpha value is -1.45. The van der Waals surface area contributed by atoms with E-state index in [0.29, 0.717) is 6.61 Å². The Morgan fingerprint density at radius 2 is 1.88 bits per heavy atom. The van der Waals surface area contributed by atoms with Gasteiger partial charge in [-0.2, -0.15) is 0 Å². The molecule has 10 nitrogen and oxygen atoms in total. The van der Waals surface area contributed by atoms with Crippen LogP contribution in [0.1, 0.15) is 73.5 Å². The number of halogens is 2. The molecule has 1 spiro atoms. The summed E-state index contributed by atoms with van der Waals surface area (Å²) in [4.78, 5) is 28.3. The second kappa shape index (κ2) is 11.9. The molecule has 1 saturated heterocycles. The lowest BCUT2D eigenvalue weighted by molar-refractivity contribution is -0.172. The number of pyridine rings is 1. The summed E-state index contributed by atoms with van der Waals surface area (Å²) in [5.74, 6) is -1.63. The van der Waals surface area contributed by atoms with Gasteiger partial charge in [-0.3, -0.25) is 4.79 Å². The predicted octanol–water partition coefficient (Wildman–Crippen LogP) is 6.77. The van der Waals surface area contributed by atoms with Gasteiger partial charge in [0.05, 0.1) is 24.8 Å². The van der Waals surface area contributed by atoms with Gasteiger partial charge in [0, 0.05) is 3.58 Å². The van der Waals surface area contributed by atoms with Crippen LogP contribution in [0.3, 0.4) is 0 Å². The molecule has 0 bridgehead atoms. The smallest absolute Gasteiger partial charge is 0.408 e. The third-order valence-electron chi connectivity index (χ3n) is 7.29. The van der Waals surface area contributed by atoms with Gasteiger partial charge in [0.15, 0.2) is 30.6 Å². The SMILES string of the molecule is CC(C)(C)OC(=O)N[C@H](CC(=O)O)c1ccc(O[C@H]2C=C(I)[C@@]3(COC(C)(C)O3)[C@@H]2O[Si](C)(C)C(C)(C)C)c(Cl)n1. The minimum Gasteiger partial charge on any atom is -0.481 e. The second-order valence-electron chi connectivity index (χ2n) is 13.4. The number of aliphatic carboxylic acids is 1.